The quantitative estimate of drug-likeness (QED) is 0.405. The summed E-state index contributed by atoms with van der Waals surface area (Å²) in [6.07, 6.45) is -3.37. The van der Waals surface area contributed by atoms with Gasteiger partial charge in [0.15, 0.2) is 5.60 Å². The Hall–Kier alpha value is -3.62. The van der Waals surface area contributed by atoms with Crippen molar-refractivity contribution in [3.63, 3.8) is 0 Å². The van der Waals surface area contributed by atoms with Crippen molar-refractivity contribution < 1.29 is 37.0 Å². The lowest BCUT2D eigenvalue weighted by Gasteiger charge is -2.26. The first-order chi connectivity index (χ1) is 16.2. The monoisotopic (exact) mass is 489 g/mol. The van der Waals surface area contributed by atoms with E-state index >= 15 is 0 Å². The van der Waals surface area contributed by atoms with Crippen molar-refractivity contribution in [2.45, 2.75) is 52.9 Å². The zero-order valence-electron chi connectivity index (χ0n) is 20.1. The van der Waals surface area contributed by atoms with Gasteiger partial charge in [-0.15, -0.1) is 0 Å². The first kappa shape index (κ1) is 26.0. The molecule has 35 heavy (non-hydrogen) atoms. The van der Waals surface area contributed by atoms with Crippen LogP contribution in [0.1, 0.15) is 48.6 Å². The fourth-order valence-corrected chi connectivity index (χ4v) is 3.78. The molecule has 0 aromatic heterocycles. The number of aryl methyl sites for hydroxylation is 2. The summed E-state index contributed by atoms with van der Waals surface area (Å²) in [6.45, 7) is 8.68. The number of alkyl halides is 3. The van der Waals surface area contributed by atoms with Crippen LogP contribution in [0.15, 0.2) is 42.5 Å². The van der Waals surface area contributed by atoms with Crippen LogP contribution in [-0.2, 0) is 31.8 Å². The van der Waals surface area contributed by atoms with Gasteiger partial charge < -0.3 is 9.47 Å². The second kappa shape index (κ2) is 9.56. The number of ether oxygens (including phenoxy) is 2. The molecule has 0 bridgehead atoms. The van der Waals surface area contributed by atoms with E-state index in [2.05, 4.69) is 0 Å². The van der Waals surface area contributed by atoms with Crippen LogP contribution >= 0.6 is 0 Å². The molecule has 2 amide bonds. The van der Waals surface area contributed by atoms with Crippen LogP contribution in [0.4, 0.5) is 13.2 Å². The van der Waals surface area contributed by atoms with Gasteiger partial charge in [0.25, 0.3) is 11.8 Å². The fraction of sp³-hybridized carbons (Fsp3) is 0.346. The molecule has 1 aliphatic rings. The lowest BCUT2D eigenvalue weighted by atomic mass is 10.0. The van der Waals surface area contributed by atoms with Crippen LogP contribution in [0, 0.1) is 13.8 Å². The molecule has 0 saturated carbocycles. The van der Waals surface area contributed by atoms with E-state index in [9.17, 15) is 27.6 Å². The highest BCUT2D eigenvalue weighted by Crippen LogP contribution is 2.33. The largest absolute Gasteiger partial charge is 0.476 e. The lowest BCUT2D eigenvalue weighted by molar-refractivity contribution is -0.158. The molecule has 0 atom stereocenters. The van der Waals surface area contributed by atoms with Crippen LogP contribution in [0.2, 0.25) is 0 Å². The minimum atomic E-state index is -4.49. The summed E-state index contributed by atoms with van der Waals surface area (Å²) >= 11 is 0. The minimum absolute atomic E-state index is 0.0263. The third-order valence-corrected chi connectivity index (χ3v) is 5.52. The first-order valence-electron chi connectivity index (χ1n) is 11.0. The van der Waals surface area contributed by atoms with Crippen LogP contribution < -0.4 is 4.74 Å². The third kappa shape index (κ3) is 5.55. The number of benzene rings is 2. The van der Waals surface area contributed by atoms with E-state index < -0.39 is 35.1 Å². The van der Waals surface area contributed by atoms with Crippen molar-refractivity contribution in [3.05, 3.63) is 70.3 Å². The third-order valence-electron chi connectivity index (χ3n) is 5.52. The minimum Gasteiger partial charge on any atom is -0.476 e. The maximum Gasteiger partial charge on any atom is 0.416 e. The zero-order chi connectivity index (χ0) is 26.1. The van der Waals surface area contributed by atoms with E-state index in [0.29, 0.717) is 22.4 Å². The molecule has 2 aromatic rings. The molecule has 0 radical (unpaired) electrons. The predicted octanol–water partition coefficient (Wildman–Crippen LogP) is 5.00. The maximum absolute atomic E-state index is 12.9. The van der Waals surface area contributed by atoms with Crippen molar-refractivity contribution >= 4 is 23.4 Å². The summed E-state index contributed by atoms with van der Waals surface area (Å²) in [5, 5.41) is 0. The Morgan fingerprint density at radius 1 is 1.00 bits per heavy atom. The van der Waals surface area contributed by atoms with Crippen LogP contribution in [-0.4, -0.2) is 34.9 Å². The standard InChI is InChI=1S/C26H26F3NO5/c1-6-34-24(33)25(4,5)35-22-15(2)11-17(12-16(22)3)14-30-21(31)13-20(23(30)32)18-7-9-19(10-8-18)26(27,28)29/h7-13H,6,14H2,1-5H3. The van der Waals surface area contributed by atoms with Crippen LogP contribution in [0.5, 0.6) is 5.75 Å². The van der Waals surface area contributed by atoms with Gasteiger partial charge in [-0.3, -0.25) is 14.5 Å². The Bertz CT molecular complexity index is 1170. The number of esters is 1. The summed E-state index contributed by atoms with van der Waals surface area (Å²) in [5.74, 6) is -1.15. The molecular weight excluding hydrogens is 463 g/mol. The number of hydrogen-bond donors (Lipinski definition) is 0. The summed E-state index contributed by atoms with van der Waals surface area (Å²) in [4.78, 5) is 38.7. The van der Waals surface area contributed by atoms with Crippen molar-refractivity contribution in [2.75, 3.05) is 6.61 Å². The Balaban J connectivity index is 1.78. The maximum atomic E-state index is 12.9. The lowest BCUT2D eigenvalue weighted by Crippen LogP contribution is -2.40. The first-order valence-corrected chi connectivity index (χ1v) is 11.0. The van der Waals surface area contributed by atoms with E-state index in [4.69, 9.17) is 9.47 Å². The topological polar surface area (TPSA) is 72.9 Å². The Kier molecular flexibility index (Phi) is 7.10. The highest BCUT2D eigenvalue weighted by molar-refractivity contribution is 6.33. The number of halogens is 3. The van der Waals surface area contributed by atoms with Crippen molar-refractivity contribution in [2.24, 2.45) is 0 Å². The molecule has 0 fully saturated rings. The average Bonchev–Trinajstić information content (AvgIpc) is 3.04. The van der Waals surface area contributed by atoms with Gasteiger partial charge in [0.1, 0.15) is 5.75 Å². The molecular formula is C26H26F3NO5. The van der Waals surface area contributed by atoms with Crippen LogP contribution in [0.25, 0.3) is 5.57 Å². The van der Waals surface area contributed by atoms with E-state index in [1.807, 2.05) is 0 Å². The Morgan fingerprint density at radius 2 is 1.57 bits per heavy atom. The number of carbonyl (C=O) groups excluding carboxylic acids is 3. The summed E-state index contributed by atoms with van der Waals surface area (Å²) in [6, 6.07) is 7.60. The molecule has 0 aliphatic carbocycles. The van der Waals surface area contributed by atoms with E-state index in [1.54, 1.807) is 46.8 Å². The van der Waals surface area contributed by atoms with Crippen molar-refractivity contribution in [1.82, 2.24) is 4.90 Å². The van der Waals surface area contributed by atoms with E-state index in [1.165, 1.54) is 12.1 Å². The molecule has 9 heteroatoms. The number of carbonyl (C=O) groups is 3. The van der Waals surface area contributed by atoms with E-state index in [-0.39, 0.29) is 24.3 Å². The number of rotatable bonds is 7. The average molecular weight is 489 g/mol. The normalized spacial score (nSPS) is 14.3. The number of amides is 2. The van der Waals surface area contributed by atoms with Gasteiger partial charge in [0.2, 0.25) is 0 Å². The molecule has 6 nitrogen and oxygen atoms in total. The zero-order valence-corrected chi connectivity index (χ0v) is 20.1. The molecule has 1 heterocycles. The highest BCUT2D eigenvalue weighted by Gasteiger charge is 2.35. The molecule has 1 aliphatic heterocycles. The molecule has 186 valence electrons. The van der Waals surface area contributed by atoms with Gasteiger partial charge in [-0.2, -0.15) is 13.2 Å². The molecule has 3 rings (SSSR count). The highest BCUT2D eigenvalue weighted by atomic mass is 19.4. The summed E-state index contributed by atoms with van der Waals surface area (Å²) in [5.41, 5.74) is 0.276. The SMILES string of the molecule is CCOC(=O)C(C)(C)Oc1c(C)cc(CN2C(=O)C=C(c3ccc(C(F)(F)F)cc3)C2=O)cc1C. The number of imide groups is 1. The van der Waals surface area contributed by atoms with Gasteiger partial charge in [-0.1, -0.05) is 24.3 Å². The van der Waals surface area contributed by atoms with Crippen molar-refractivity contribution in [1.29, 1.82) is 0 Å². The number of hydrogen-bond acceptors (Lipinski definition) is 5. The van der Waals surface area contributed by atoms with Gasteiger partial charge in [0.05, 0.1) is 24.3 Å². The summed E-state index contributed by atoms with van der Waals surface area (Å²) in [7, 11) is 0. The van der Waals surface area contributed by atoms with Crippen molar-refractivity contribution in [3.8, 4) is 5.75 Å². The smallest absolute Gasteiger partial charge is 0.416 e. The molecule has 0 spiro atoms. The molecule has 0 N–H and O–H groups in total. The molecule has 2 aromatic carbocycles. The second-order valence-electron chi connectivity index (χ2n) is 8.75. The Labute approximate surface area is 201 Å². The van der Waals surface area contributed by atoms with E-state index in [0.717, 1.165) is 23.1 Å². The van der Waals surface area contributed by atoms with Crippen LogP contribution in [0.3, 0.4) is 0 Å². The van der Waals surface area contributed by atoms with Gasteiger partial charge >= 0.3 is 12.1 Å². The molecule has 0 saturated heterocycles. The van der Waals surface area contributed by atoms with Gasteiger partial charge in [0, 0.05) is 6.08 Å². The summed E-state index contributed by atoms with van der Waals surface area (Å²) < 4.78 is 49.5. The Morgan fingerprint density at radius 3 is 2.09 bits per heavy atom. The van der Waals surface area contributed by atoms with Gasteiger partial charge in [-0.25, -0.2) is 4.79 Å². The second-order valence-corrected chi connectivity index (χ2v) is 8.75. The molecule has 0 unspecified atom stereocenters. The van der Waals surface area contributed by atoms with Gasteiger partial charge in [-0.05, 0) is 69.0 Å². The number of nitrogens with zero attached hydrogens (tertiary/aromatic N) is 1. The predicted molar refractivity (Wildman–Crippen MR) is 122 cm³/mol. The fourth-order valence-electron chi connectivity index (χ4n) is 3.78.